The van der Waals surface area contributed by atoms with E-state index in [2.05, 4.69) is 15.4 Å². The van der Waals surface area contributed by atoms with Gasteiger partial charge in [0.1, 0.15) is 16.5 Å². The van der Waals surface area contributed by atoms with E-state index < -0.39 is 40.2 Å². The number of halogens is 7. The highest BCUT2D eigenvalue weighted by molar-refractivity contribution is 6.33. The summed E-state index contributed by atoms with van der Waals surface area (Å²) in [5, 5.41) is 5.12. The lowest BCUT2D eigenvalue weighted by Crippen LogP contribution is -2.25. The maximum atomic E-state index is 13.1. The first-order chi connectivity index (χ1) is 14.9. The number of carbonyl (C=O) groups is 1. The number of aryl methyl sites for hydroxylation is 1. The number of ether oxygens (including phenoxy) is 1. The lowest BCUT2D eigenvalue weighted by atomic mass is 10.2. The molecule has 1 aromatic carbocycles. The Hall–Kier alpha value is -3.28. The molecule has 13 heteroatoms. The second-order valence-corrected chi connectivity index (χ2v) is 6.81. The second kappa shape index (κ2) is 8.69. The molecule has 32 heavy (non-hydrogen) atoms. The summed E-state index contributed by atoms with van der Waals surface area (Å²) in [4.78, 5) is 15.8. The molecule has 0 aliphatic heterocycles. The molecule has 2 heterocycles. The Morgan fingerprint density at radius 2 is 1.72 bits per heavy atom. The van der Waals surface area contributed by atoms with Crippen molar-refractivity contribution in [1.29, 1.82) is 0 Å². The van der Waals surface area contributed by atoms with E-state index in [4.69, 9.17) is 16.3 Å². The molecular formula is C19H13ClF6N4O2. The molecule has 0 bridgehead atoms. The summed E-state index contributed by atoms with van der Waals surface area (Å²) in [5.74, 6) is -0.864. The maximum Gasteiger partial charge on any atom is 0.436 e. The minimum atomic E-state index is -4.86. The van der Waals surface area contributed by atoms with Gasteiger partial charge < -0.3 is 10.1 Å². The van der Waals surface area contributed by atoms with Crippen LogP contribution in [0.5, 0.6) is 11.6 Å². The van der Waals surface area contributed by atoms with Crippen molar-refractivity contribution in [1.82, 2.24) is 20.1 Å². The molecule has 0 aliphatic rings. The Bertz CT molecular complexity index is 1110. The van der Waals surface area contributed by atoms with Crippen molar-refractivity contribution in [3.63, 3.8) is 0 Å². The quantitative estimate of drug-likeness (QED) is 0.510. The normalized spacial score (nSPS) is 12.0. The first kappa shape index (κ1) is 23.4. The molecule has 3 aromatic rings. The van der Waals surface area contributed by atoms with Gasteiger partial charge in [-0.05, 0) is 23.8 Å². The van der Waals surface area contributed by atoms with E-state index in [9.17, 15) is 31.1 Å². The summed E-state index contributed by atoms with van der Waals surface area (Å²) in [6.45, 7) is -0.125. The molecule has 2 aromatic heterocycles. The summed E-state index contributed by atoms with van der Waals surface area (Å²) in [7, 11) is 1.18. The third-order valence-electron chi connectivity index (χ3n) is 4.14. The van der Waals surface area contributed by atoms with Crippen LogP contribution in [0.3, 0.4) is 0 Å². The van der Waals surface area contributed by atoms with Gasteiger partial charge in [0.2, 0.25) is 5.88 Å². The van der Waals surface area contributed by atoms with Gasteiger partial charge in [-0.2, -0.15) is 31.4 Å². The minimum Gasteiger partial charge on any atom is -0.439 e. The van der Waals surface area contributed by atoms with Crippen LogP contribution in [-0.2, 0) is 25.9 Å². The third-order valence-corrected chi connectivity index (χ3v) is 4.57. The monoisotopic (exact) mass is 478 g/mol. The van der Waals surface area contributed by atoms with E-state index in [1.807, 2.05) is 0 Å². The third kappa shape index (κ3) is 5.31. The molecule has 6 nitrogen and oxygen atoms in total. The molecule has 0 spiro atoms. The maximum absolute atomic E-state index is 13.1. The lowest BCUT2D eigenvalue weighted by molar-refractivity contribution is -0.141. The Labute approximate surface area is 181 Å². The van der Waals surface area contributed by atoms with Crippen molar-refractivity contribution in [3.8, 4) is 11.6 Å². The summed E-state index contributed by atoms with van der Waals surface area (Å²) >= 11 is 5.78. The largest absolute Gasteiger partial charge is 0.439 e. The highest BCUT2D eigenvalue weighted by atomic mass is 35.5. The van der Waals surface area contributed by atoms with Crippen LogP contribution >= 0.6 is 11.6 Å². The van der Waals surface area contributed by atoms with Gasteiger partial charge in [-0.3, -0.25) is 9.48 Å². The van der Waals surface area contributed by atoms with Crippen molar-refractivity contribution in [2.75, 3.05) is 0 Å². The number of nitrogens with zero attached hydrogens (tertiary/aromatic N) is 3. The average Bonchev–Trinajstić information content (AvgIpc) is 3.02. The predicted molar refractivity (Wildman–Crippen MR) is 100 cm³/mol. The molecule has 0 atom stereocenters. The van der Waals surface area contributed by atoms with Crippen molar-refractivity contribution in [2.45, 2.75) is 18.9 Å². The zero-order valence-corrected chi connectivity index (χ0v) is 16.8. The molecule has 0 saturated carbocycles. The van der Waals surface area contributed by atoms with Crippen LogP contribution in [0.2, 0.25) is 5.15 Å². The first-order valence-electron chi connectivity index (χ1n) is 8.74. The zero-order valence-electron chi connectivity index (χ0n) is 16.1. The van der Waals surface area contributed by atoms with Gasteiger partial charge in [-0.1, -0.05) is 23.7 Å². The molecule has 0 unspecified atom stereocenters. The van der Waals surface area contributed by atoms with Crippen molar-refractivity contribution in [3.05, 3.63) is 70.1 Å². The van der Waals surface area contributed by atoms with Crippen molar-refractivity contribution >= 4 is 17.5 Å². The Morgan fingerprint density at radius 3 is 2.25 bits per heavy atom. The standard InChI is InChI=1S/C19H13ClF6N4O2/c1-30-16(20)14(15(29-30)19(24,25)26)17(31)28-8-10-2-5-12(6-3-10)32-13-7-4-11(9-27-13)18(21,22)23/h2-7,9H,8H2,1H3,(H,28,31). The zero-order chi connectivity index (χ0) is 23.7. The summed E-state index contributed by atoms with van der Waals surface area (Å²) in [6.07, 6.45) is -8.74. The number of nitrogens with one attached hydrogen (secondary N) is 1. The van der Waals surface area contributed by atoms with E-state index in [0.717, 1.165) is 16.8 Å². The highest BCUT2D eigenvalue weighted by Gasteiger charge is 2.41. The number of amides is 1. The molecule has 1 amide bonds. The van der Waals surface area contributed by atoms with Crippen LogP contribution in [0.4, 0.5) is 26.3 Å². The Kier molecular flexibility index (Phi) is 6.35. The molecular weight excluding hydrogens is 466 g/mol. The summed E-state index contributed by atoms with van der Waals surface area (Å²) in [5.41, 5.74) is -2.58. The molecule has 170 valence electrons. The number of pyridine rings is 1. The smallest absolute Gasteiger partial charge is 0.436 e. The van der Waals surface area contributed by atoms with Gasteiger partial charge in [0.25, 0.3) is 5.91 Å². The molecule has 0 saturated heterocycles. The molecule has 0 radical (unpaired) electrons. The van der Waals surface area contributed by atoms with Gasteiger partial charge in [-0.25, -0.2) is 4.98 Å². The van der Waals surface area contributed by atoms with Crippen LogP contribution in [0.15, 0.2) is 42.6 Å². The van der Waals surface area contributed by atoms with Crippen LogP contribution in [0.1, 0.15) is 27.2 Å². The summed E-state index contributed by atoms with van der Waals surface area (Å²) < 4.78 is 83.0. The van der Waals surface area contributed by atoms with E-state index >= 15 is 0 Å². The first-order valence-corrected chi connectivity index (χ1v) is 9.12. The number of carbonyl (C=O) groups excluding carboxylic acids is 1. The number of alkyl halides is 6. The van der Waals surface area contributed by atoms with Crippen LogP contribution in [0, 0.1) is 0 Å². The SMILES string of the molecule is Cn1nc(C(F)(F)F)c(C(=O)NCc2ccc(Oc3ccc(C(F)(F)F)cn3)cc2)c1Cl. The minimum absolute atomic E-state index is 0.0649. The van der Waals surface area contributed by atoms with E-state index in [-0.39, 0.29) is 18.2 Å². The van der Waals surface area contributed by atoms with E-state index in [1.165, 1.54) is 31.3 Å². The fourth-order valence-corrected chi connectivity index (χ4v) is 2.79. The van der Waals surface area contributed by atoms with Crippen LogP contribution < -0.4 is 10.1 Å². The van der Waals surface area contributed by atoms with E-state index in [0.29, 0.717) is 11.8 Å². The van der Waals surface area contributed by atoms with Gasteiger partial charge in [-0.15, -0.1) is 0 Å². The van der Waals surface area contributed by atoms with Crippen LogP contribution in [0.25, 0.3) is 0 Å². The van der Waals surface area contributed by atoms with Gasteiger partial charge >= 0.3 is 12.4 Å². The van der Waals surface area contributed by atoms with Gasteiger partial charge in [0.15, 0.2) is 5.69 Å². The number of aromatic nitrogens is 3. The van der Waals surface area contributed by atoms with E-state index in [1.54, 1.807) is 0 Å². The number of hydrogen-bond donors (Lipinski definition) is 1. The summed E-state index contributed by atoms with van der Waals surface area (Å²) in [6, 6.07) is 7.82. The fraction of sp³-hybridized carbons (Fsp3) is 0.211. The number of benzene rings is 1. The Morgan fingerprint density at radius 1 is 1.06 bits per heavy atom. The second-order valence-electron chi connectivity index (χ2n) is 6.45. The number of hydrogen-bond acceptors (Lipinski definition) is 4. The molecule has 3 rings (SSSR count). The topological polar surface area (TPSA) is 69.0 Å². The molecule has 0 aliphatic carbocycles. The Balaban J connectivity index is 1.64. The van der Waals surface area contributed by atoms with Gasteiger partial charge in [0, 0.05) is 25.9 Å². The van der Waals surface area contributed by atoms with Crippen molar-refractivity contribution < 1.29 is 35.9 Å². The number of rotatable bonds is 5. The lowest BCUT2D eigenvalue weighted by Gasteiger charge is -2.10. The highest BCUT2D eigenvalue weighted by Crippen LogP contribution is 2.34. The average molecular weight is 479 g/mol. The molecule has 0 fully saturated rings. The van der Waals surface area contributed by atoms with Crippen LogP contribution in [-0.4, -0.2) is 20.7 Å². The fourth-order valence-electron chi connectivity index (χ4n) is 2.58. The predicted octanol–water partition coefficient (Wildman–Crippen LogP) is 5.23. The van der Waals surface area contributed by atoms with Crippen molar-refractivity contribution in [2.24, 2.45) is 7.05 Å². The van der Waals surface area contributed by atoms with Gasteiger partial charge in [0.05, 0.1) is 5.56 Å². The molecule has 1 N–H and O–H groups in total.